The van der Waals surface area contributed by atoms with Crippen LogP contribution in [-0.4, -0.2) is 49.6 Å². The number of amides is 1. The molecule has 134 valence electrons. The minimum absolute atomic E-state index is 0.320. The van der Waals surface area contributed by atoms with Gasteiger partial charge >= 0.3 is 0 Å². The number of hydrogen-bond acceptors (Lipinski definition) is 5. The Bertz CT molecular complexity index is 731. The minimum Gasteiger partial charge on any atom is -0.394 e. The summed E-state index contributed by atoms with van der Waals surface area (Å²) < 4.78 is 1.66. The highest BCUT2D eigenvalue weighted by molar-refractivity contribution is 5.73. The smallest absolute Gasteiger partial charge is 0.217 e. The minimum atomic E-state index is -1.22. The standard InChI is InChI=1S/C18H23N3O4/c1-11(23)19-15-17(25)16(24)14(10-22)21-9-13(20-18(15)21)8-7-12-5-3-2-4-6-12/h2-6,9,14-17,22,24-25H,7-8,10H2,1H3,(H,19,23)/t14-,15-,16-,17-/m1/s1. The van der Waals surface area contributed by atoms with Gasteiger partial charge in [-0.25, -0.2) is 4.98 Å². The van der Waals surface area contributed by atoms with E-state index in [2.05, 4.69) is 10.3 Å². The van der Waals surface area contributed by atoms with Crippen LogP contribution in [0.2, 0.25) is 0 Å². The fraction of sp³-hybridized carbons (Fsp3) is 0.444. The molecule has 25 heavy (non-hydrogen) atoms. The number of nitrogens with one attached hydrogen (secondary N) is 1. The molecular weight excluding hydrogens is 322 g/mol. The van der Waals surface area contributed by atoms with Gasteiger partial charge in [-0.05, 0) is 18.4 Å². The number of fused-ring (bicyclic) bond motifs is 1. The summed E-state index contributed by atoms with van der Waals surface area (Å²) in [6.07, 6.45) is 0.852. The number of aliphatic hydroxyl groups is 3. The molecule has 1 aliphatic heterocycles. The molecule has 7 heteroatoms. The van der Waals surface area contributed by atoms with Gasteiger partial charge in [0.05, 0.1) is 18.3 Å². The molecule has 0 radical (unpaired) electrons. The predicted molar refractivity (Wildman–Crippen MR) is 90.8 cm³/mol. The topological polar surface area (TPSA) is 108 Å². The molecule has 1 amide bonds. The van der Waals surface area contributed by atoms with Crippen molar-refractivity contribution in [3.63, 3.8) is 0 Å². The maximum absolute atomic E-state index is 11.5. The number of rotatable bonds is 5. The Morgan fingerprint density at radius 2 is 1.92 bits per heavy atom. The Morgan fingerprint density at radius 3 is 2.56 bits per heavy atom. The van der Waals surface area contributed by atoms with Crippen molar-refractivity contribution >= 4 is 5.91 Å². The van der Waals surface area contributed by atoms with Gasteiger partial charge < -0.3 is 25.2 Å². The molecule has 0 saturated carbocycles. The summed E-state index contributed by atoms with van der Waals surface area (Å²) >= 11 is 0. The zero-order valence-electron chi connectivity index (χ0n) is 14.0. The number of aryl methyl sites for hydroxylation is 2. The van der Waals surface area contributed by atoms with Crippen LogP contribution in [0.4, 0.5) is 0 Å². The quantitative estimate of drug-likeness (QED) is 0.615. The SMILES string of the molecule is CC(=O)N[C@H]1c2nc(CCc3ccccc3)cn2[C@H](CO)[C@@H](O)[C@@H]1O. The number of aliphatic hydroxyl groups excluding tert-OH is 3. The van der Waals surface area contributed by atoms with Gasteiger partial charge in [0.25, 0.3) is 0 Å². The molecule has 0 aliphatic carbocycles. The van der Waals surface area contributed by atoms with Crippen molar-refractivity contribution in [1.82, 2.24) is 14.9 Å². The fourth-order valence-corrected chi connectivity index (χ4v) is 3.30. The van der Waals surface area contributed by atoms with Crippen LogP contribution in [0, 0.1) is 0 Å². The molecule has 2 aromatic rings. The summed E-state index contributed by atoms with van der Waals surface area (Å²) in [5, 5.41) is 32.8. The van der Waals surface area contributed by atoms with Crippen LogP contribution >= 0.6 is 0 Å². The molecule has 4 atom stereocenters. The Hall–Kier alpha value is -2.22. The first-order valence-electron chi connectivity index (χ1n) is 8.37. The molecule has 0 saturated heterocycles. The van der Waals surface area contributed by atoms with Crippen LogP contribution < -0.4 is 5.32 Å². The Balaban J connectivity index is 1.87. The molecule has 1 aromatic heterocycles. The largest absolute Gasteiger partial charge is 0.394 e. The molecule has 7 nitrogen and oxygen atoms in total. The second-order valence-electron chi connectivity index (χ2n) is 6.39. The van der Waals surface area contributed by atoms with E-state index in [4.69, 9.17) is 0 Å². The normalized spacial score (nSPS) is 25.4. The lowest BCUT2D eigenvalue weighted by molar-refractivity contribution is -0.123. The van der Waals surface area contributed by atoms with E-state index in [1.807, 2.05) is 30.3 Å². The van der Waals surface area contributed by atoms with Crippen LogP contribution in [0.15, 0.2) is 36.5 Å². The summed E-state index contributed by atoms with van der Waals surface area (Å²) in [6.45, 7) is 1.02. The maximum Gasteiger partial charge on any atom is 0.217 e. The van der Waals surface area contributed by atoms with Crippen molar-refractivity contribution in [3.05, 3.63) is 53.6 Å². The first-order valence-corrected chi connectivity index (χ1v) is 8.37. The summed E-state index contributed by atoms with van der Waals surface area (Å²) in [5.74, 6) is 0.134. The highest BCUT2D eigenvalue weighted by atomic mass is 16.3. The van der Waals surface area contributed by atoms with E-state index in [9.17, 15) is 20.1 Å². The van der Waals surface area contributed by atoms with Crippen LogP contribution in [0.25, 0.3) is 0 Å². The van der Waals surface area contributed by atoms with Crippen LogP contribution in [0.5, 0.6) is 0 Å². The number of carbonyl (C=O) groups excluding carboxylic acids is 1. The molecule has 0 unspecified atom stereocenters. The van der Waals surface area contributed by atoms with E-state index in [0.29, 0.717) is 12.2 Å². The lowest BCUT2D eigenvalue weighted by atomic mass is 9.94. The molecule has 0 fully saturated rings. The van der Waals surface area contributed by atoms with Gasteiger partial charge in [-0.1, -0.05) is 30.3 Å². The van der Waals surface area contributed by atoms with Crippen LogP contribution in [-0.2, 0) is 17.6 Å². The van der Waals surface area contributed by atoms with E-state index in [1.165, 1.54) is 12.5 Å². The van der Waals surface area contributed by atoms with Crippen molar-refractivity contribution < 1.29 is 20.1 Å². The Kier molecular flexibility index (Phi) is 5.17. The molecule has 1 aromatic carbocycles. The van der Waals surface area contributed by atoms with Crippen LogP contribution in [0.1, 0.15) is 36.1 Å². The number of carbonyl (C=O) groups is 1. The second-order valence-corrected chi connectivity index (χ2v) is 6.39. The van der Waals surface area contributed by atoms with E-state index in [1.54, 1.807) is 10.8 Å². The van der Waals surface area contributed by atoms with Gasteiger partial charge in [0.1, 0.15) is 24.1 Å². The van der Waals surface area contributed by atoms with E-state index in [0.717, 1.165) is 12.1 Å². The number of aromatic nitrogens is 2. The maximum atomic E-state index is 11.5. The second kappa shape index (κ2) is 7.35. The third-order valence-corrected chi connectivity index (χ3v) is 4.59. The zero-order chi connectivity index (χ0) is 18.0. The monoisotopic (exact) mass is 345 g/mol. The first kappa shape index (κ1) is 17.6. The summed E-state index contributed by atoms with van der Waals surface area (Å²) in [6, 6.07) is 8.52. The van der Waals surface area contributed by atoms with Gasteiger partial charge in [-0.3, -0.25) is 4.79 Å². The van der Waals surface area contributed by atoms with Gasteiger partial charge in [0, 0.05) is 13.1 Å². The van der Waals surface area contributed by atoms with Gasteiger partial charge in [0.2, 0.25) is 5.91 Å². The number of benzene rings is 1. The van der Waals surface area contributed by atoms with Crippen molar-refractivity contribution in [2.45, 2.75) is 44.1 Å². The van der Waals surface area contributed by atoms with Gasteiger partial charge in [0.15, 0.2) is 0 Å². The fourth-order valence-electron chi connectivity index (χ4n) is 3.30. The molecule has 4 N–H and O–H groups in total. The molecule has 1 aliphatic rings. The van der Waals surface area contributed by atoms with Crippen LogP contribution in [0.3, 0.4) is 0 Å². The van der Waals surface area contributed by atoms with E-state index < -0.39 is 24.3 Å². The average molecular weight is 345 g/mol. The Morgan fingerprint density at radius 1 is 1.20 bits per heavy atom. The first-order chi connectivity index (χ1) is 12.0. The highest BCUT2D eigenvalue weighted by Crippen LogP contribution is 2.32. The molecule has 3 rings (SSSR count). The number of hydrogen-bond donors (Lipinski definition) is 4. The van der Waals surface area contributed by atoms with Crippen molar-refractivity contribution in [2.24, 2.45) is 0 Å². The van der Waals surface area contributed by atoms with Gasteiger partial charge in [-0.15, -0.1) is 0 Å². The molecule has 0 spiro atoms. The Labute approximate surface area is 146 Å². The third kappa shape index (κ3) is 3.58. The summed E-state index contributed by atoms with van der Waals surface area (Å²) in [4.78, 5) is 16.0. The van der Waals surface area contributed by atoms with E-state index >= 15 is 0 Å². The number of nitrogens with zero attached hydrogens (tertiary/aromatic N) is 2. The van der Waals surface area contributed by atoms with Crippen molar-refractivity contribution in [2.75, 3.05) is 6.61 Å². The summed E-state index contributed by atoms with van der Waals surface area (Å²) in [5.41, 5.74) is 1.97. The zero-order valence-corrected chi connectivity index (χ0v) is 14.0. The van der Waals surface area contributed by atoms with Crippen molar-refractivity contribution in [1.29, 1.82) is 0 Å². The van der Waals surface area contributed by atoms with Crippen molar-refractivity contribution in [3.8, 4) is 0 Å². The number of imidazole rings is 1. The summed E-state index contributed by atoms with van der Waals surface area (Å²) in [7, 11) is 0. The lowest BCUT2D eigenvalue weighted by Crippen LogP contribution is -2.51. The lowest BCUT2D eigenvalue weighted by Gasteiger charge is -2.37. The highest BCUT2D eigenvalue weighted by Gasteiger charge is 2.42. The molecular formula is C18H23N3O4. The predicted octanol–water partition coefficient (Wildman–Crippen LogP) is 0.114. The average Bonchev–Trinajstić information content (AvgIpc) is 3.02. The van der Waals surface area contributed by atoms with Gasteiger partial charge in [-0.2, -0.15) is 0 Å². The third-order valence-electron chi connectivity index (χ3n) is 4.59. The molecule has 2 heterocycles. The molecule has 0 bridgehead atoms. The van der Waals surface area contributed by atoms with E-state index in [-0.39, 0.29) is 12.5 Å².